The highest BCUT2D eigenvalue weighted by molar-refractivity contribution is 7.15. The summed E-state index contributed by atoms with van der Waals surface area (Å²) in [5, 5.41) is 4.01. The number of nitrogens with zero attached hydrogens (tertiary/aromatic N) is 4. The summed E-state index contributed by atoms with van der Waals surface area (Å²) in [5.74, 6) is -1.07. The van der Waals surface area contributed by atoms with Crippen LogP contribution in [0.5, 0.6) is 5.88 Å². The molecule has 1 amide bonds. The Labute approximate surface area is 186 Å². The standard InChI is InChI=1S/C21H18ClN5O3S/c1-11-6-14-18(19(28)21(29)26-13-4-5-23-16(7-13)30-3)12(2)27(20(14)25-8-11)10-17-24-9-15(22)31-17/h4-9H,10H2,1-3H3,(H,23,26,29). The fourth-order valence-electron chi connectivity index (χ4n) is 3.33. The number of hydrogen-bond donors (Lipinski definition) is 1. The number of ketones is 1. The molecule has 10 heteroatoms. The van der Waals surface area contributed by atoms with Crippen LogP contribution < -0.4 is 10.1 Å². The van der Waals surface area contributed by atoms with Crippen LogP contribution in [0.15, 0.2) is 36.8 Å². The number of pyridine rings is 2. The first kappa shape index (κ1) is 21.0. The van der Waals surface area contributed by atoms with Crippen molar-refractivity contribution in [1.82, 2.24) is 19.5 Å². The number of carbonyl (C=O) groups is 2. The van der Waals surface area contributed by atoms with Crippen molar-refractivity contribution in [2.24, 2.45) is 0 Å². The Morgan fingerprint density at radius 1 is 1.19 bits per heavy atom. The van der Waals surface area contributed by atoms with Gasteiger partial charge >= 0.3 is 0 Å². The lowest BCUT2D eigenvalue weighted by atomic mass is 10.1. The van der Waals surface area contributed by atoms with E-state index in [1.54, 1.807) is 31.5 Å². The Hall–Kier alpha value is -3.30. The van der Waals surface area contributed by atoms with E-state index in [-0.39, 0.29) is 0 Å². The van der Waals surface area contributed by atoms with Crippen LogP contribution in [-0.2, 0) is 11.3 Å². The van der Waals surface area contributed by atoms with Gasteiger partial charge in [-0.15, -0.1) is 11.3 Å². The maximum atomic E-state index is 13.2. The van der Waals surface area contributed by atoms with Crippen LogP contribution in [0.2, 0.25) is 4.34 Å². The molecule has 4 heterocycles. The number of anilines is 1. The molecule has 0 unspecified atom stereocenters. The third-order valence-electron chi connectivity index (χ3n) is 4.75. The lowest BCUT2D eigenvalue weighted by molar-refractivity contribution is -0.112. The van der Waals surface area contributed by atoms with Crippen molar-refractivity contribution < 1.29 is 14.3 Å². The molecule has 158 valence electrons. The number of fused-ring (bicyclic) bond motifs is 1. The fraction of sp³-hybridized carbons (Fsp3) is 0.190. The van der Waals surface area contributed by atoms with Crippen LogP contribution in [0.3, 0.4) is 0 Å². The average Bonchev–Trinajstić information content (AvgIpc) is 3.28. The van der Waals surface area contributed by atoms with Crippen LogP contribution in [0, 0.1) is 13.8 Å². The summed E-state index contributed by atoms with van der Waals surface area (Å²) in [6.07, 6.45) is 4.80. The molecular formula is C21H18ClN5O3S. The molecule has 0 radical (unpaired) electrons. The largest absolute Gasteiger partial charge is 0.481 e. The summed E-state index contributed by atoms with van der Waals surface area (Å²) < 4.78 is 7.51. The molecule has 4 aromatic heterocycles. The van der Waals surface area contributed by atoms with Crippen LogP contribution in [0.25, 0.3) is 11.0 Å². The van der Waals surface area contributed by atoms with E-state index >= 15 is 0 Å². The van der Waals surface area contributed by atoms with Crippen LogP contribution in [-0.4, -0.2) is 38.3 Å². The number of aryl methyl sites for hydroxylation is 1. The van der Waals surface area contributed by atoms with Crippen molar-refractivity contribution in [3.05, 3.63) is 63.0 Å². The van der Waals surface area contributed by atoms with Gasteiger partial charge in [-0.3, -0.25) is 9.59 Å². The van der Waals surface area contributed by atoms with Crippen molar-refractivity contribution in [3.63, 3.8) is 0 Å². The van der Waals surface area contributed by atoms with Crippen molar-refractivity contribution >= 4 is 51.3 Å². The zero-order valence-corrected chi connectivity index (χ0v) is 18.5. The second-order valence-electron chi connectivity index (χ2n) is 6.86. The lowest BCUT2D eigenvalue weighted by Gasteiger charge is -2.07. The number of methoxy groups -OCH3 is 1. The Morgan fingerprint density at radius 3 is 2.71 bits per heavy atom. The zero-order valence-electron chi connectivity index (χ0n) is 17.0. The molecule has 0 atom stereocenters. The van der Waals surface area contributed by atoms with E-state index in [2.05, 4.69) is 20.3 Å². The summed E-state index contributed by atoms with van der Waals surface area (Å²) in [7, 11) is 1.47. The second kappa shape index (κ2) is 8.44. The molecule has 0 fully saturated rings. The predicted octanol–water partition coefficient (Wildman–Crippen LogP) is 4.04. The second-order valence-corrected chi connectivity index (χ2v) is 8.61. The number of amides is 1. The van der Waals surface area contributed by atoms with Gasteiger partial charge in [0, 0.05) is 35.2 Å². The van der Waals surface area contributed by atoms with E-state index < -0.39 is 11.7 Å². The minimum Gasteiger partial charge on any atom is -0.481 e. The number of Topliss-reactive ketones (excluding diaryl/α,β-unsaturated/α-hetero) is 1. The Morgan fingerprint density at radius 2 is 2.00 bits per heavy atom. The van der Waals surface area contributed by atoms with Crippen LogP contribution in [0.4, 0.5) is 5.69 Å². The molecule has 0 aliphatic heterocycles. The number of halogens is 1. The molecular weight excluding hydrogens is 438 g/mol. The molecule has 1 N–H and O–H groups in total. The molecule has 0 aliphatic rings. The minimum atomic E-state index is -0.755. The minimum absolute atomic E-state index is 0.312. The highest BCUT2D eigenvalue weighted by Crippen LogP contribution is 2.28. The topological polar surface area (TPSA) is 99.0 Å². The monoisotopic (exact) mass is 455 g/mol. The Bertz CT molecular complexity index is 1310. The first-order valence-electron chi connectivity index (χ1n) is 9.28. The number of nitrogens with one attached hydrogen (secondary N) is 1. The maximum Gasteiger partial charge on any atom is 0.296 e. The van der Waals surface area contributed by atoms with E-state index in [1.807, 2.05) is 17.6 Å². The molecule has 4 aromatic rings. The third-order valence-corrected chi connectivity index (χ3v) is 5.85. The third kappa shape index (κ3) is 4.14. The van der Waals surface area contributed by atoms with Gasteiger partial charge in [-0.25, -0.2) is 15.0 Å². The van der Waals surface area contributed by atoms with Gasteiger partial charge in [0.1, 0.15) is 15.0 Å². The van der Waals surface area contributed by atoms with Gasteiger partial charge in [-0.2, -0.15) is 0 Å². The number of thiazole rings is 1. The molecule has 31 heavy (non-hydrogen) atoms. The van der Waals surface area contributed by atoms with Gasteiger partial charge in [0.05, 0.1) is 25.4 Å². The van der Waals surface area contributed by atoms with Gasteiger partial charge in [-0.05, 0) is 31.5 Å². The number of rotatable bonds is 6. The van der Waals surface area contributed by atoms with Gasteiger partial charge in [0.15, 0.2) is 0 Å². The Balaban J connectivity index is 1.73. The average molecular weight is 456 g/mol. The van der Waals surface area contributed by atoms with Gasteiger partial charge in [0.25, 0.3) is 11.7 Å². The molecule has 8 nitrogen and oxygen atoms in total. The molecule has 4 rings (SSSR count). The molecule has 0 saturated carbocycles. The first-order chi connectivity index (χ1) is 14.9. The van der Waals surface area contributed by atoms with E-state index in [9.17, 15) is 9.59 Å². The number of carbonyl (C=O) groups excluding carboxylic acids is 2. The van der Waals surface area contributed by atoms with E-state index in [1.165, 1.54) is 24.6 Å². The lowest BCUT2D eigenvalue weighted by Crippen LogP contribution is -2.23. The fourth-order valence-corrected chi connectivity index (χ4v) is 4.27. The van der Waals surface area contributed by atoms with E-state index in [0.29, 0.717) is 44.7 Å². The number of aromatic nitrogens is 4. The molecule has 0 saturated heterocycles. The SMILES string of the molecule is COc1cc(NC(=O)C(=O)c2c(C)n(Cc3ncc(Cl)s3)c3ncc(C)cc23)ccn1. The van der Waals surface area contributed by atoms with Gasteiger partial charge in [0.2, 0.25) is 5.88 Å². The number of ether oxygens (including phenoxy) is 1. The smallest absolute Gasteiger partial charge is 0.296 e. The summed E-state index contributed by atoms with van der Waals surface area (Å²) in [6, 6.07) is 4.98. The van der Waals surface area contributed by atoms with Crippen molar-refractivity contribution in [2.45, 2.75) is 20.4 Å². The number of hydrogen-bond acceptors (Lipinski definition) is 7. The summed E-state index contributed by atoms with van der Waals surface area (Å²) >= 11 is 7.37. The normalized spacial score (nSPS) is 11.0. The Kier molecular flexibility index (Phi) is 5.71. The molecule has 0 aromatic carbocycles. The molecule has 0 bridgehead atoms. The quantitative estimate of drug-likeness (QED) is 0.348. The van der Waals surface area contributed by atoms with Crippen LogP contribution >= 0.6 is 22.9 Å². The van der Waals surface area contributed by atoms with Crippen molar-refractivity contribution in [3.8, 4) is 5.88 Å². The summed E-state index contributed by atoms with van der Waals surface area (Å²) in [6.45, 7) is 4.08. The first-order valence-corrected chi connectivity index (χ1v) is 10.5. The van der Waals surface area contributed by atoms with E-state index in [0.717, 1.165) is 10.6 Å². The summed E-state index contributed by atoms with van der Waals surface area (Å²) in [5.41, 5.74) is 2.85. The van der Waals surface area contributed by atoms with Gasteiger partial charge < -0.3 is 14.6 Å². The summed E-state index contributed by atoms with van der Waals surface area (Å²) in [4.78, 5) is 38.8. The highest BCUT2D eigenvalue weighted by atomic mass is 35.5. The maximum absolute atomic E-state index is 13.2. The van der Waals surface area contributed by atoms with Gasteiger partial charge in [-0.1, -0.05) is 11.6 Å². The zero-order chi connectivity index (χ0) is 22.1. The predicted molar refractivity (Wildman–Crippen MR) is 119 cm³/mol. The van der Waals surface area contributed by atoms with E-state index in [4.69, 9.17) is 16.3 Å². The van der Waals surface area contributed by atoms with Crippen molar-refractivity contribution in [2.75, 3.05) is 12.4 Å². The van der Waals surface area contributed by atoms with Crippen molar-refractivity contribution in [1.29, 1.82) is 0 Å². The van der Waals surface area contributed by atoms with Crippen LogP contribution in [0.1, 0.15) is 26.6 Å². The molecule has 0 spiro atoms. The highest BCUT2D eigenvalue weighted by Gasteiger charge is 2.26. The molecule has 0 aliphatic carbocycles.